The lowest BCUT2D eigenvalue weighted by Crippen LogP contribution is -2.31. The van der Waals surface area contributed by atoms with E-state index >= 15 is 0 Å². The van der Waals surface area contributed by atoms with Gasteiger partial charge < -0.3 is 4.57 Å². The van der Waals surface area contributed by atoms with E-state index in [1.54, 1.807) is 41.0 Å². The number of hydrogen-bond acceptors (Lipinski definition) is 5. The Hall–Kier alpha value is -2.94. The van der Waals surface area contributed by atoms with Crippen LogP contribution in [-0.4, -0.2) is 28.9 Å². The van der Waals surface area contributed by atoms with Gasteiger partial charge in [-0.3, -0.25) is 4.79 Å². The zero-order chi connectivity index (χ0) is 23.0. The molecule has 2 aromatic heterocycles. The predicted octanol–water partition coefficient (Wildman–Crippen LogP) is 4.52. The lowest BCUT2D eigenvalue weighted by Gasteiger charge is -2.10. The molecular formula is C22H18Cl2N4O3S. The van der Waals surface area contributed by atoms with Gasteiger partial charge in [-0.2, -0.15) is 0 Å². The van der Waals surface area contributed by atoms with Crippen LogP contribution in [0.1, 0.15) is 27.4 Å². The molecule has 0 unspecified atom stereocenters. The Balaban J connectivity index is 1.66. The average Bonchev–Trinajstić information content (AvgIpc) is 3.04. The minimum absolute atomic E-state index is 0.00389. The SMILES string of the molecule is Cc1ccc(S(=O)(=O)NC(=O)c2ccc3nc(C)n(Cc4ccc(Cl)cc4Cl)c3n2)cc1. The van der Waals surface area contributed by atoms with E-state index in [1.807, 2.05) is 13.8 Å². The van der Waals surface area contributed by atoms with E-state index in [9.17, 15) is 13.2 Å². The van der Waals surface area contributed by atoms with Gasteiger partial charge in [-0.25, -0.2) is 23.1 Å². The lowest BCUT2D eigenvalue weighted by molar-refractivity contribution is 0.0977. The summed E-state index contributed by atoms with van der Waals surface area (Å²) in [5, 5.41) is 1.02. The fourth-order valence-corrected chi connectivity index (χ4v) is 4.63. The number of nitrogens with zero attached hydrogens (tertiary/aromatic N) is 3. The van der Waals surface area contributed by atoms with Crippen molar-refractivity contribution in [1.82, 2.24) is 19.3 Å². The number of pyridine rings is 1. The molecule has 32 heavy (non-hydrogen) atoms. The molecule has 0 saturated carbocycles. The number of amides is 1. The van der Waals surface area contributed by atoms with Gasteiger partial charge in [-0.15, -0.1) is 0 Å². The Kier molecular flexibility index (Phi) is 5.94. The molecule has 10 heteroatoms. The number of carbonyl (C=O) groups excluding carboxylic acids is 1. The highest BCUT2D eigenvalue weighted by Gasteiger charge is 2.21. The van der Waals surface area contributed by atoms with Crippen molar-refractivity contribution in [3.05, 3.63) is 87.3 Å². The zero-order valence-electron chi connectivity index (χ0n) is 17.1. The van der Waals surface area contributed by atoms with Gasteiger partial charge in [0.15, 0.2) is 5.65 Å². The predicted molar refractivity (Wildman–Crippen MR) is 124 cm³/mol. The molecule has 164 valence electrons. The fraction of sp³-hybridized carbons (Fsp3) is 0.136. The molecule has 0 aliphatic rings. The minimum atomic E-state index is -4.03. The number of benzene rings is 2. The lowest BCUT2D eigenvalue weighted by atomic mass is 10.2. The van der Waals surface area contributed by atoms with Crippen LogP contribution in [0.3, 0.4) is 0 Å². The van der Waals surface area contributed by atoms with Gasteiger partial charge in [0, 0.05) is 10.0 Å². The van der Waals surface area contributed by atoms with Gasteiger partial charge in [0.1, 0.15) is 17.0 Å². The second-order valence-corrected chi connectivity index (χ2v) is 9.79. The summed E-state index contributed by atoms with van der Waals surface area (Å²) in [4.78, 5) is 21.5. The first-order valence-electron chi connectivity index (χ1n) is 9.56. The van der Waals surface area contributed by atoms with Gasteiger partial charge in [0.05, 0.1) is 11.4 Å². The van der Waals surface area contributed by atoms with E-state index in [-0.39, 0.29) is 10.6 Å². The molecule has 0 spiro atoms. The molecule has 0 aliphatic heterocycles. The molecule has 0 saturated heterocycles. The molecule has 0 bridgehead atoms. The molecule has 4 rings (SSSR count). The second kappa shape index (κ2) is 8.54. The number of aryl methyl sites for hydroxylation is 2. The largest absolute Gasteiger partial charge is 0.308 e. The van der Waals surface area contributed by atoms with Gasteiger partial charge in [0.2, 0.25) is 0 Å². The van der Waals surface area contributed by atoms with Crippen LogP contribution in [0.4, 0.5) is 0 Å². The summed E-state index contributed by atoms with van der Waals surface area (Å²) in [6.45, 7) is 4.02. The number of carbonyl (C=O) groups is 1. The summed E-state index contributed by atoms with van der Waals surface area (Å²) in [6.07, 6.45) is 0. The molecule has 0 aliphatic carbocycles. The number of aromatic nitrogens is 3. The molecular weight excluding hydrogens is 471 g/mol. The molecule has 4 aromatic rings. The van der Waals surface area contributed by atoms with Crippen molar-refractivity contribution in [2.75, 3.05) is 0 Å². The van der Waals surface area contributed by atoms with Crippen molar-refractivity contribution in [3.63, 3.8) is 0 Å². The molecule has 0 atom stereocenters. The number of hydrogen-bond donors (Lipinski definition) is 1. The van der Waals surface area contributed by atoms with Crippen LogP contribution in [-0.2, 0) is 16.6 Å². The van der Waals surface area contributed by atoms with E-state index in [0.29, 0.717) is 33.6 Å². The third-order valence-electron chi connectivity index (χ3n) is 4.92. The highest BCUT2D eigenvalue weighted by Crippen LogP contribution is 2.24. The number of fused-ring (bicyclic) bond motifs is 1. The average molecular weight is 489 g/mol. The monoisotopic (exact) mass is 488 g/mol. The highest BCUT2D eigenvalue weighted by molar-refractivity contribution is 7.90. The Morgan fingerprint density at radius 3 is 2.41 bits per heavy atom. The molecule has 2 aromatic carbocycles. The maximum Gasteiger partial charge on any atom is 0.283 e. The van der Waals surface area contributed by atoms with E-state index in [4.69, 9.17) is 23.2 Å². The smallest absolute Gasteiger partial charge is 0.283 e. The third kappa shape index (κ3) is 4.48. The quantitative estimate of drug-likeness (QED) is 0.445. The normalized spacial score (nSPS) is 11.6. The first-order chi connectivity index (χ1) is 15.1. The maximum absolute atomic E-state index is 12.7. The van der Waals surface area contributed by atoms with Gasteiger partial charge in [-0.05, 0) is 55.8 Å². The van der Waals surface area contributed by atoms with Gasteiger partial charge >= 0.3 is 0 Å². The summed E-state index contributed by atoms with van der Waals surface area (Å²) in [5.41, 5.74) is 2.68. The van der Waals surface area contributed by atoms with Crippen LogP contribution >= 0.6 is 23.2 Å². The standard InChI is InChI=1S/C22H18Cl2N4O3S/c1-13-3-7-17(8-4-13)32(30,31)27-22(29)20-10-9-19-21(26-20)28(14(2)25-19)12-15-5-6-16(23)11-18(15)24/h3-11H,12H2,1-2H3,(H,27,29). The maximum atomic E-state index is 12.7. The Bertz CT molecular complexity index is 1450. The Labute approximate surface area is 195 Å². The van der Waals surface area contributed by atoms with Crippen molar-refractivity contribution in [3.8, 4) is 0 Å². The van der Waals surface area contributed by atoms with E-state index in [0.717, 1.165) is 11.1 Å². The van der Waals surface area contributed by atoms with Crippen LogP contribution < -0.4 is 4.72 Å². The van der Waals surface area contributed by atoms with Crippen molar-refractivity contribution in [1.29, 1.82) is 0 Å². The van der Waals surface area contributed by atoms with Crippen LogP contribution in [0.25, 0.3) is 11.2 Å². The third-order valence-corrected chi connectivity index (χ3v) is 6.85. The molecule has 1 amide bonds. The number of sulfonamides is 1. The minimum Gasteiger partial charge on any atom is -0.308 e. The number of halogens is 2. The molecule has 0 radical (unpaired) electrons. The van der Waals surface area contributed by atoms with Crippen molar-refractivity contribution < 1.29 is 13.2 Å². The number of nitrogens with one attached hydrogen (secondary N) is 1. The molecule has 0 fully saturated rings. The van der Waals surface area contributed by atoms with Gasteiger partial charge in [0.25, 0.3) is 15.9 Å². The van der Waals surface area contributed by atoms with Crippen LogP contribution in [0.2, 0.25) is 10.0 Å². The fourth-order valence-electron chi connectivity index (χ4n) is 3.20. The van der Waals surface area contributed by atoms with Gasteiger partial charge in [-0.1, -0.05) is 47.0 Å². The highest BCUT2D eigenvalue weighted by atomic mass is 35.5. The van der Waals surface area contributed by atoms with E-state index in [1.165, 1.54) is 18.2 Å². The summed E-state index contributed by atoms with van der Waals surface area (Å²) >= 11 is 12.3. The summed E-state index contributed by atoms with van der Waals surface area (Å²) in [7, 11) is -4.03. The molecule has 1 N–H and O–H groups in total. The molecule has 7 nitrogen and oxygen atoms in total. The van der Waals surface area contributed by atoms with Crippen LogP contribution in [0.15, 0.2) is 59.5 Å². The zero-order valence-corrected chi connectivity index (χ0v) is 19.5. The first kappa shape index (κ1) is 22.3. The Morgan fingerprint density at radius 2 is 1.72 bits per heavy atom. The number of imidazole rings is 1. The van der Waals surface area contributed by atoms with E-state index in [2.05, 4.69) is 14.7 Å². The first-order valence-corrected chi connectivity index (χ1v) is 11.8. The van der Waals surface area contributed by atoms with Crippen LogP contribution in [0, 0.1) is 13.8 Å². The summed E-state index contributed by atoms with van der Waals surface area (Å²) in [6, 6.07) is 14.5. The van der Waals surface area contributed by atoms with Crippen molar-refractivity contribution in [2.24, 2.45) is 0 Å². The molecule has 2 heterocycles. The summed E-state index contributed by atoms with van der Waals surface area (Å²) < 4.78 is 29.0. The van der Waals surface area contributed by atoms with Crippen molar-refractivity contribution in [2.45, 2.75) is 25.3 Å². The Morgan fingerprint density at radius 1 is 1.00 bits per heavy atom. The van der Waals surface area contributed by atoms with Crippen molar-refractivity contribution >= 4 is 50.3 Å². The second-order valence-electron chi connectivity index (χ2n) is 7.27. The van der Waals surface area contributed by atoms with Crippen LogP contribution in [0.5, 0.6) is 0 Å². The topological polar surface area (TPSA) is 94.0 Å². The number of rotatable bonds is 5. The van der Waals surface area contributed by atoms with E-state index < -0.39 is 15.9 Å². The summed E-state index contributed by atoms with van der Waals surface area (Å²) in [5.74, 6) is -0.161.